The van der Waals surface area contributed by atoms with E-state index in [9.17, 15) is 4.79 Å². The Morgan fingerprint density at radius 2 is 1.93 bits per heavy atom. The van der Waals surface area contributed by atoms with Crippen molar-refractivity contribution in [2.45, 2.75) is 71.0 Å². The summed E-state index contributed by atoms with van der Waals surface area (Å²) in [5.74, 6) is 0.281. The van der Waals surface area contributed by atoms with Gasteiger partial charge in [0, 0.05) is 6.42 Å². The zero-order chi connectivity index (χ0) is 11.3. The molecule has 15 heavy (non-hydrogen) atoms. The van der Waals surface area contributed by atoms with Crippen LogP contribution in [0.2, 0.25) is 0 Å². The van der Waals surface area contributed by atoms with E-state index >= 15 is 0 Å². The van der Waals surface area contributed by atoms with Crippen molar-refractivity contribution in [3.05, 3.63) is 0 Å². The fourth-order valence-electron chi connectivity index (χ4n) is 3.54. The van der Waals surface area contributed by atoms with Gasteiger partial charge in [0.15, 0.2) is 0 Å². The van der Waals surface area contributed by atoms with Crippen molar-refractivity contribution >= 4 is 5.78 Å². The molecular weight excluding hydrogens is 188 g/mol. The summed E-state index contributed by atoms with van der Waals surface area (Å²) >= 11 is 0. The molecule has 1 saturated heterocycles. The molecule has 2 aliphatic rings. The van der Waals surface area contributed by atoms with Gasteiger partial charge < -0.3 is 9.53 Å². The van der Waals surface area contributed by atoms with E-state index in [-0.39, 0.29) is 22.4 Å². The lowest BCUT2D eigenvalue weighted by Crippen LogP contribution is -2.42. The smallest absolute Gasteiger partial charge is 0.129 e. The lowest BCUT2D eigenvalue weighted by atomic mass is 9.62. The van der Waals surface area contributed by atoms with Crippen LogP contribution in [-0.4, -0.2) is 17.0 Å². The van der Waals surface area contributed by atoms with E-state index < -0.39 is 0 Å². The second kappa shape index (κ2) is 3.07. The van der Waals surface area contributed by atoms with Crippen LogP contribution in [0.15, 0.2) is 0 Å². The third kappa shape index (κ3) is 1.45. The molecule has 0 bridgehead atoms. The molecule has 0 aromatic carbocycles. The monoisotopic (exact) mass is 210 g/mol. The molecule has 1 aliphatic carbocycles. The van der Waals surface area contributed by atoms with Gasteiger partial charge >= 0.3 is 0 Å². The lowest BCUT2D eigenvalue weighted by molar-refractivity contribution is -0.117. The van der Waals surface area contributed by atoms with Gasteiger partial charge in [-0.15, -0.1) is 0 Å². The predicted octanol–water partition coefficient (Wildman–Crippen LogP) is 3.09. The van der Waals surface area contributed by atoms with Crippen molar-refractivity contribution in [1.82, 2.24) is 0 Å². The molecule has 1 aliphatic heterocycles. The maximum absolute atomic E-state index is 11.1. The molecule has 2 heteroatoms. The first-order chi connectivity index (χ1) is 6.83. The van der Waals surface area contributed by atoms with Gasteiger partial charge in [-0.05, 0) is 44.9 Å². The Kier molecular flexibility index (Phi) is 2.27. The number of rotatable bonds is 3. The maximum atomic E-state index is 11.1. The number of fused-ring (bicyclic) bond motifs is 1. The second-order valence-corrected chi connectivity index (χ2v) is 6.10. The van der Waals surface area contributed by atoms with Crippen LogP contribution >= 0.6 is 0 Å². The average Bonchev–Trinajstić information content (AvgIpc) is 2.70. The summed E-state index contributed by atoms with van der Waals surface area (Å²) in [6.45, 7) is 8.47. The number of hydrogen-bond donors (Lipinski definition) is 0. The summed E-state index contributed by atoms with van der Waals surface area (Å²) in [5.41, 5.74) is 0.281. The van der Waals surface area contributed by atoms with Gasteiger partial charge in [0.25, 0.3) is 0 Å². The fraction of sp³-hybridized carbons (Fsp3) is 0.923. The number of carbonyl (C=O) groups is 1. The summed E-state index contributed by atoms with van der Waals surface area (Å²) in [7, 11) is 0. The highest BCUT2D eigenvalue weighted by Crippen LogP contribution is 2.67. The van der Waals surface area contributed by atoms with Crippen LogP contribution in [0.5, 0.6) is 0 Å². The molecule has 2 atom stereocenters. The Balaban J connectivity index is 2.15. The molecule has 86 valence electrons. The third-order valence-electron chi connectivity index (χ3n) is 4.59. The SMILES string of the molecule is CC(=O)CCC12OC1(C)CCCC2(C)C. The molecule has 1 saturated carbocycles. The number of ether oxygens (including phenoxy) is 1. The predicted molar refractivity (Wildman–Crippen MR) is 59.8 cm³/mol. The Morgan fingerprint density at radius 3 is 2.47 bits per heavy atom. The van der Waals surface area contributed by atoms with E-state index in [4.69, 9.17) is 4.74 Å². The molecule has 2 nitrogen and oxygen atoms in total. The molecule has 0 amide bonds. The highest BCUT2D eigenvalue weighted by atomic mass is 16.6. The van der Waals surface area contributed by atoms with Crippen molar-refractivity contribution in [3.63, 3.8) is 0 Å². The van der Waals surface area contributed by atoms with E-state index in [1.165, 1.54) is 12.8 Å². The van der Waals surface area contributed by atoms with Crippen molar-refractivity contribution in [2.24, 2.45) is 5.41 Å². The van der Waals surface area contributed by atoms with Crippen LogP contribution in [0.3, 0.4) is 0 Å². The van der Waals surface area contributed by atoms with E-state index in [1.54, 1.807) is 6.92 Å². The van der Waals surface area contributed by atoms with Crippen molar-refractivity contribution in [2.75, 3.05) is 0 Å². The number of Topliss-reactive ketones (excluding diaryl/α,β-unsaturated/α-hetero) is 1. The van der Waals surface area contributed by atoms with Gasteiger partial charge in [-0.1, -0.05) is 13.8 Å². The van der Waals surface area contributed by atoms with Crippen LogP contribution in [0.4, 0.5) is 0 Å². The summed E-state index contributed by atoms with van der Waals surface area (Å²) < 4.78 is 6.07. The molecule has 2 fully saturated rings. The fourth-order valence-corrected chi connectivity index (χ4v) is 3.54. The van der Waals surface area contributed by atoms with Crippen molar-refractivity contribution < 1.29 is 9.53 Å². The first kappa shape index (κ1) is 11.1. The number of carbonyl (C=O) groups excluding carboxylic acids is 1. The Bertz CT molecular complexity index is 295. The number of hydrogen-bond acceptors (Lipinski definition) is 2. The number of ketones is 1. The molecule has 0 aromatic rings. The van der Waals surface area contributed by atoms with Gasteiger partial charge in [-0.25, -0.2) is 0 Å². The Hall–Kier alpha value is -0.370. The van der Waals surface area contributed by atoms with E-state index in [0.29, 0.717) is 6.42 Å². The molecule has 2 rings (SSSR count). The van der Waals surface area contributed by atoms with E-state index in [2.05, 4.69) is 20.8 Å². The molecule has 0 radical (unpaired) electrons. The zero-order valence-corrected chi connectivity index (χ0v) is 10.4. The van der Waals surface area contributed by atoms with Gasteiger partial charge in [0.1, 0.15) is 11.4 Å². The largest absolute Gasteiger partial charge is 0.362 e. The zero-order valence-electron chi connectivity index (χ0n) is 10.4. The molecule has 1 heterocycles. The number of epoxide rings is 1. The topological polar surface area (TPSA) is 29.6 Å². The minimum atomic E-state index is -0.01000. The molecule has 2 unspecified atom stereocenters. The Morgan fingerprint density at radius 1 is 1.27 bits per heavy atom. The molecule has 0 spiro atoms. The standard InChI is InChI=1S/C13H22O2/c1-10(14)6-9-13-11(2,3)7-5-8-12(13,4)15-13/h5-9H2,1-4H3. The summed E-state index contributed by atoms with van der Waals surface area (Å²) in [6.07, 6.45) is 5.21. The van der Waals surface area contributed by atoms with Crippen molar-refractivity contribution in [3.8, 4) is 0 Å². The van der Waals surface area contributed by atoms with Gasteiger partial charge in [0.2, 0.25) is 0 Å². The van der Waals surface area contributed by atoms with E-state index in [1.807, 2.05) is 0 Å². The first-order valence-corrected chi connectivity index (χ1v) is 6.03. The highest BCUT2D eigenvalue weighted by Gasteiger charge is 2.73. The lowest BCUT2D eigenvalue weighted by Gasteiger charge is -2.38. The minimum absolute atomic E-state index is 0.01000. The molecular formula is C13H22O2. The average molecular weight is 210 g/mol. The van der Waals surface area contributed by atoms with Crippen LogP contribution in [0.1, 0.15) is 59.8 Å². The van der Waals surface area contributed by atoms with Gasteiger partial charge in [-0.3, -0.25) is 0 Å². The quantitative estimate of drug-likeness (QED) is 0.670. The summed E-state index contributed by atoms with van der Waals surface area (Å²) in [4.78, 5) is 11.1. The van der Waals surface area contributed by atoms with Crippen molar-refractivity contribution in [1.29, 1.82) is 0 Å². The van der Waals surface area contributed by atoms with Gasteiger partial charge in [0.05, 0.1) is 5.60 Å². The minimum Gasteiger partial charge on any atom is -0.362 e. The molecule has 0 aromatic heterocycles. The Labute approximate surface area is 92.4 Å². The van der Waals surface area contributed by atoms with Crippen LogP contribution in [0, 0.1) is 5.41 Å². The van der Waals surface area contributed by atoms with Crippen LogP contribution in [0.25, 0.3) is 0 Å². The highest BCUT2D eigenvalue weighted by molar-refractivity contribution is 5.75. The van der Waals surface area contributed by atoms with Crippen LogP contribution in [-0.2, 0) is 9.53 Å². The van der Waals surface area contributed by atoms with E-state index in [0.717, 1.165) is 12.8 Å². The summed E-state index contributed by atoms with van der Waals surface area (Å²) in [5, 5.41) is 0. The van der Waals surface area contributed by atoms with Gasteiger partial charge in [-0.2, -0.15) is 0 Å². The second-order valence-electron chi connectivity index (χ2n) is 6.10. The van der Waals surface area contributed by atoms with Crippen LogP contribution < -0.4 is 0 Å². The third-order valence-corrected chi connectivity index (χ3v) is 4.59. The first-order valence-electron chi connectivity index (χ1n) is 6.03. The maximum Gasteiger partial charge on any atom is 0.129 e. The summed E-state index contributed by atoms with van der Waals surface area (Å²) in [6, 6.07) is 0. The molecule has 0 N–H and O–H groups in total. The normalized spacial score (nSPS) is 42.1.